The van der Waals surface area contributed by atoms with E-state index < -0.39 is 6.10 Å². The fourth-order valence-corrected chi connectivity index (χ4v) is 2.34. The van der Waals surface area contributed by atoms with Crippen LogP contribution in [0.5, 0.6) is 0 Å². The maximum Gasteiger partial charge on any atom is 0.0882 e. The largest absolute Gasteiger partial charge is 0.390 e. The van der Waals surface area contributed by atoms with Crippen molar-refractivity contribution in [2.45, 2.75) is 32.0 Å². The van der Waals surface area contributed by atoms with Crippen LogP contribution in [0.4, 0.5) is 0 Å². The lowest BCUT2D eigenvalue weighted by Crippen LogP contribution is -2.26. The third-order valence-corrected chi connectivity index (χ3v) is 3.30. The monoisotopic (exact) mass is 270 g/mol. The van der Waals surface area contributed by atoms with Crippen molar-refractivity contribution in [1.82, 2.24) is 0 Å². The number of benzene rings is 2. The first-order valence-electron chi connectivity index (χ1n) is 7.08. The molecule has 0 spiro atoms. The van der Waals surface area contributed by atoms with Gasteiger partial charge in [-0.15, -0.1) is 0 Å². The van der Waals surface area contributed by atoms with E-state index in [1.165, 1.54) is 0 Å². The molecular weight excluding hydrogens is 248 g/mol. The van der Waals surface area contributed by atoms with Crippen molar-refractivity contribution in [2.75, 3.05) is 6.61 Å². The molecule has 20 heavy (non-hydrogen) atoms. The standard InChI is InChI=1S/C18H22O2/c1-14(2)20-13-17(19)18(15-9-5-3-6-10-15)16-11-7-4-8-12-16/h3-12,14,17-19H,13H2,1-2H3. The fraction of sp³-hybridized carbons (Fsp3) is 0.333. The average Bonchev–Trinajstić information content (AvgIpc) is 2.48. The van der Waals surface area contributed by atoms with Crippen molar-refractivity contribution in [3.8, 4) is 0 Å². The second kappa shape index (κ2) is 7.22. The van der Waals surface area contributed by atoms with Crippen LogP contribution in [0.1, 0.15) is 30.9 Å². The van der Waals surface area contributed by atoms with E-state index in [1.54, 1.807) is 0 Å². The van der Waals surface area contributed by atoms with Gasteiger partial charge in [0, 0.05) is 5.92 Å². The molecule has 0 bridgehead atoms. The molecule has 106 valence electrons. The molecule has 0 heterocycles. The molecule has 1 N–H and O–H groups in total. The van der Waals surface area contributed by atoms with Gasteiger partial charge in [0.15, 0.2) is 0 Å². The van der Waals surface area contributed by atoms with E-state index in [9.17, 15) is 5.11 Å². The number of hydrogen-bond acceptors (Lipinski definition) is 2. The van der Waals surface area contributed by atoms with Crippen molar-refractivity contribution in [3.63, 3.8) is 0 Å². The maximum absolute atomic E-state index is 10.5. The first-order valence-corrected chi connectivity index (χ1v) is 7.08. The highest BCUT2D eigenvalue weighted by atomic mass is 16.5. The van der Waals surface area contributed by atoms with Crippen LogP contribution >= 0.6 is 0 Å². The maximum atomic E-state index is 10.5. The molecule has 2 aromatic carbocycles. The topological polar surface area (TPSA) is 29.5 Å². The number of aliphatic hydroxyl groups excluding tert-OH is 1. The van der Waals surface area contributed by atoms with Crippen LogP contribution < -0.4 is 0 Å². The predicted octanol–water partition coefficient (Wildman–Crippen LogP) is 3.60. The summed E-state index contributed by atoms with van der Waals surface area (Å²) in [6.07, 6.45) is -0.431. The number of rotatable bonds is 6. The van der Waals surface area contributed by atoms with E-state index in [0.717, 1.165) is 11.1 Å². The zero-order chi connectivity index (χ0) is 14.4. The zero-order valence-corrected chi connectivity index (χ0v) is 12.1. The summed E-state index contributed by atoms with van der Waals surface area (Å²) in [7, 11) is 0. The normalized spacial score (nSPS) is 12.8. The van der Waals surface area contributed by atoms with Crippen LogP contribution in [0.2, 0.25) is 0 Å². The zero-order valence-electron chi connectivity index (χ0n) is 12.1. The molecule has 2 heteroatoms. The Balaban J connectivity index is 2.25. The van der Waals surface area contributed by atoms with E-state index >= 15 is 0 Å². The molecule has 1 atom stereocenters. The van der Waals surface area contributed by atoms with Gasteiger partial charge in [0.25, 0.3) is 0 Å². The highest BCUT2D eigenvalue weighted by Crippen LogP contribution is 2.28. The minimum Gasteiger partial charge on any atom is -0.390 e. The van der Waals surface area contributed by atoms with Crippen LogP contribution in [-0.4, -0.2) is 23.9 Å². The molecule has 0 aliphatic carbocycles. The number of aliphatic hydroxyl groups is 1. The van der Waals surface area contributed by atoms with Gasteiger partial charge in [-0.25, -0.2) is 0 Å². The Labute approximate surface area is 121 Å². The number of hydrogen-bond donors (Lipinski definition) is 1. The molecule has 0 fully saturated rings. The summed E-state index contributed by atoms with van der Waals surface area (Å²) >= 11 is 0. The first kappa shape index (κ1) is 14.8. The Kier molecular flexibility index (Phi) is 5.33. The third kappa shape index (κ3) is 3.92. The van der Waals surface area contributed by atoms with Crippen molar-refractivity contribution in [1.29, 1.82) is 0 Å². The van der Waals surface area contributed by atoms with Crippen LogP contribution in [0.25, 0.3) is 0 Å². The van der Waals surface area contributed by atoms with E-state index in [1.807, 2.05) is 50.2 Å². The van der Waals surface area contributed by atoms with E-state index in [4.69, 9.17) is 4.74 Å². The molecule has 0 radical (unpaired) electrons. The summed E-state index contributed by atoms with van der Waals surface area (Å²) in [5.41, 5.74) is 2.22. The fourth-order valence-electron chi connectivity index (χ4n) is 2.34. The SMILES string of the molecule is CC(C)OCC(O)C(c1ccccc1)c1ccccc1. The summed E-state index contributed by atoms with van der Waals surface area (Å²) in [4.78, 5) is 0. The van der Waals surface area contributed by atoms with Crippen LogP contribution in [0.15, 0.2) is 60.7 Å². The van der Waals surface area contributed by atoms with Gasteiger partial charge in [0.2, 0.25) is 0 Å². The Morgan fingerprint density at radius 3 is 1.70 bits per heavy atom. The van der Waals surface area contributed by atoms with Gasteiger partial charge in [0.05, 0.1) is 18.8 Å². The molecule has 2 aromatic rings. The summed E-state index contributed by atoms with van der Waals surface area (Å²) < 4.78 is 5.58. The lowest BCUT2D eigenvalue weighted by molar-refractivity contribution is -0.000466. The van der Waals surface area contributed by atoms with Crippen molar-refractivity contribution in [2.24, 2.45) is 0 Å². The Morgan fingerprint density at radius 1 is 0.850 bits per heavy atom. The minimum absolute atomic E-state index is 0.0591. The molecular formula is C18H22O2. The first-order chi connectivity index (χ1) is 9.68. The van der Waals surface area contributed by atoms with Gasteiger partial charge >= 0.3 is 0 Å². The molecule has 0 amide bonds. The molecule has 2 rings (SSSR count). The molecule has 0 aromatic heterocycles. The number of ether oxygens (including phenoxy) is 1. The summed E-state index contributed by atoms with van der Waals surface area (Å²) in [6, 6.07) is 20.2. The summed E-state index contributed by atoms with van der Waals surface area (Å²) in [6.45, 7) is 4.30. The summed E-state index contributed by atoms with van der Waals surface area (Å²) in [5.74, 6) is -0.0591. The van der Waals surface area contributed by atoms with E-state index in [-0.39, 0.29) is 12.0 Å². The molecule has 1 unspecified atom stereocenters. The minimum atomic E-state index is -0.554. The predicted molar refractivity (Wildman–Crippen MR) is 81.8 cm³/mol. The molecule has 0 aliphatic heterocycles. The van der Waals surface area contributed by atoms with Gasteiger partial charge in [0.1, 0.15) is 0 Å². The Morgan fingerprint density at radius 2 is 1.30 bits per heavy atom. The molecule has 0 aliphatic rings. The van der Waals surface area contributed by atoms with E-state index in [2.05, 4.69) is 24.3 Å². The van der Waals surface area contributed by atoms with Gasteiger partial charge in [-0.2, -0.15) is 0 Å². The Hall–Kier alpha value is -1.64. The van der Waals surface area contributed by atoms with Gasteiger partial charge < -0.3 is 9.84 Å². The summed E-state index contributed by atoms with van der Waals surface area (Å²) in [5, 5.41) is 10.5. The quantitative estimate of drug-likeness (QED) is 0.869. The molecule has 0 saturated carbocycles. The van der Waals surface area contributed by atoms with Crippen LogP contribution in [0, 0.1) is 0 Å². The second-order valence-corrected chi connectivity index (χ2v) is 5.25. The van der Waals surface area contributed by atoms with Crippen molar-refractivity contribution < 1.29 is 9.84 Å². The van der Waals surface area contributed by atoms with Crippen molar-refractivity contribution in [3.05, 3.63) is 71.8 Å². The highest BCUT2D eigenvalue weighted by Gasteiger charge is 2.23. The Bertz CT molecular complexity index is 454. The van der Waals surface area contributed by atoms with Crippen LogP contribution in [0.3, 0.4) is 0 Å². The average molecular weight is 270 g/mol. The highest BCUT2D eigenvalue weighted by molar-refractivity contribution is 5.33. The van der Waals surface area contributed by atoms with Crippen molar-refractivity contribution >= 4 is 0 Å². The lowest BCUT2D eigenvalue weighted by Gasteiger charge is -2.24. The molecule has 2 nitrogen and oxygen atoms in total. The van der Waals surface area contributed by atoms with E-state index in [0.29, 0.717) is 6.61 Å². The molecule has 0 saturated heterocycles. The third-order valence-electron chi connectivity index (χ3n) is 3.30. The lowest BCUT2D eigenvalue weighted by atomic mass is 9.87. The van der Waals surface area contributed by atoms with Gasteiger partial charge in [-0.05, 0) is 25.0 Å². The smallest absolute Gasteiger partial charge is 0.0882 e. The van der Waals surface area contributed by atoms with Crippen LogP contribution in [-0.2, 0) is 4.74 Å². The van der Waals surface area contributed by atoms with Gasteiger partial charge in [-0.3, -0.25) is 0 Å². The van der Waals surface area contributed by atoms with Gasteiger partial charge in [-0.1, -0.05) is 60.7 Å². The second-order valence-electron chi connectivity index (χ2n) is 5.25.